The van der Waals surface area contributed by atoms with Crippen LogP contribution in [0.2, 0.25) is 0 Å². The summed E-state index contributed by atoms with van der Waals surface area (Å²) in [6, 6.07) is 17.5. The van der Waals surface area contributed by atoms with Crippen molar-refractivity contribution in [2.24, 2.45) is 0 Å². The fraction of sp³-hybridized carbons (Fsp3) is 0.316. The third-order valence-corrected chi connectivity index (χ3v) is 3.75. The quantitative estimate of drug-likeness (QED) is 0.826. The van der Waals surface area contributed by atoms with Crippen LogP contribution in [0.5, 0.6) is 0 Å². The second kappa shape index (κ2) is 8.34. The molecular formula is C19H24N2O2. The average Bonchev–Trinajstić information content (AvgIpc) is 2.56. The number of amides is 1. The molecule has 1 unspecified atom stereocenters. The van der Waals surface area contributed by atoms with Gasteiger partial charge in [-0.15, -0.1) is 0 Å². The molecule has 1 amide bonds. The molecule has 2 aromatic carbocycles. The Bertz CT molecular complexity index is 609. The Balaban J connectivity index is 1.74. The summed E-state index contributed by atoms with van der Waals surface area (Å²) in [6.45, 7) is 0.571. The summed E-state index contributed by atoms with van der Waals surface area (Å²) in [5.74, 6) is -0.133. The van der Waals surface area contributed by atoms with Crippen LogP contribution >= 0.6 is 0 Å². The van der Waals surface area contributed by atoms with E-state index in [2.05, 4.69) is 34.5 Å². The van der Waals surface area contributed by atoms with Crippen molar-refractivity contribution in [2.75, 3.05) is 25.5 Å². The van der Waals surface area contributed by atoms with Gasteiger partial charge in [-0.25, -0.2) is 0 Å². The highest BCUT2D eigenvalue weighted by Gasteiger charge is 2.12. The highest BCUT2D eigenvalue weighted by molar-refractivity contribution is 5.76. The van der Waals surface area contributed by atoms with Crippen LogP contribution in [0.25, 0.3) is 0 Å². The summed E-state index contributed by atoms with van der Waals surface area (Å²) in [7, 11) is 4.01. The van der Waals surface area contributed by atoms with E-state index < -0.39 is 6.10 Å². The van der Waals surface area contributed by atoms with E-state index in [0.29, 0.717) is 6.54 Å². The molecule has 2 N–H and O–H groups in total. The maximum absolute atomic E-state index is 11.9. The standard InChI is InChI=1S/C19H24N2O2/c1-21(2)17-10-8-15(9-11-17)12-13-20-19(23)14-18(22)16-6-4-3-5-7-16/h3-11,18,22H,12-14H2,1-2H3,(H,20,23). The van der Waals surface area contributed by atoms with Gasteiger partial charge < -0.3 is 15.3 Å². The number of aliphatic hydroxyl groups excluding tert-OH is 1. The van der Waals surface area contributed by atoms with E-state index in [4.69, 9.17) is 0 Å². The van der Waals surface area contributed by atoms with Gasteiger partial charge in [0.1, 0.15) is 0 Å². The van der Waals surface area contributed by atoms with Gasteiger partial charge in [0.05, 0.1) is 12.5 Å². The smallest absolute Gasteiger partial charge is 0.222 e. The monoisotopic (exact) mass is 312 g/mol. The number of hydrogen-bond acceptors (Lipinski definition) is 3. The van der Waals surface area contributed by atoms with Gasteiger partial charge in [0.15, 0.2) is 0 Å². The van der Waals surface area contributed by atoms with Crippen molar-refractivity contribution >= 4 is 11.6 Å². The van der Waals surface area contributed by atoms with E-state index in [1.165, 1.54) is 5.56 Å². The lowest BCUT2D eigenvalue weighted by atomic mass is 10.1. The molecule has 0 fully saturated rings. The zero-order valence-electron chi connectivity index (χ0n) is 13.7. The van der Waals surface area contributed by atoms with Gasteiger partial charge in [0.25, 0.3) is 0 Å². The first-order valence-corrected chi connectivity index (χ1v) is 7.82. The highest BCUT2D eigenvalue weighted by atomic mass is 16.3. The summed E-state index contributed by atoms with van der Waals surface area (Å²) in [4.78, 5) is 13.9. The Hall–Kier alpha value is -2.33. The lowest BCUT2D eigenvalue weighted by molar-refractivity contribution is -0.123. The van der Waals surface area contributed by atoms with Crippen molar-refractivity contribution in [3.63, 3.8) is 0 Å². The number of rotatable bonds is 7. The molecule has 0 bridgehead atoms. The van der Waals surface area contributed by atoms with Crippen LogP contribution in [-0.2, 0) is 11.2 Å². The molecule has 0 saturated carbocycles. The topological polar surface area (TPSA) is 52.6 Å². The molecule has 0 radical (unpaired) electrons. The minimum atomic E-state index is -0.754. The van der Waals surface area contributed by atoms with Gasteiger partial charge in [0.2, 0.25) is 5.91 Å². The largest absolute Gasteiger partial charge is 0.388 e. The van der Waals surface area contributed by atoms with Gasteiger partial charge in [-0.2, -0.15) is 0 Å². The van der Waals surface area contributed by atoms with E-state index in [1.807, 2.05) is 44.4 Å². The van der Waals surface area contributed by atoms with Crippen molar-refractivity contribution in [1.29, 1.82) is 0 Å². The third-order valence-electron chi connectivity index (χ3n) is 3.75. The molecule has 4 nitrogen and oxygen atoms in total. The van der Waals surface area contributed by atoms with E-state index in [1.54, 1.807) is 0 Å². The van der Waals surface area contributed by atoms with E-state index in [9.17, 15) is 9.90 Å². The molecule has 122 valence electrons. The average molecular weight is 312 g/mol. The first kappa shape index (κ1) is 17.0. The lowest BCUT2D eigenvalue weighted by Crippen LogP contribution is -2.27. The molecule has 0 aliphatic heterocycles. The molecule has 0 aliphatic rings. The number of benzene rings is 2. The molecule has 2 aromatic rings. The lowest BCUT2D eigenvalue weighted by Gasteiger charge is -2.13. The minimum Gasteiger partial charge on any atom is -0.388 e. The summed E-state index contributed by atoms with van der Waals surface area (Å²) in [5.41, 5.74) is 3.10. The summed E-state index contributed by atoms with van der Waals surface area (Å²) in [6.07, 6.45) is 0.111. The Labute approximate surface area is 137 Å². The van der Waals surface area contributed by atoms with Crippen molar-refractivity contribution in [1.82, 2.24) is 5.32 Å². The van der Waals surface area contributed by atoms with Crippen molar-refractivity contribution < 1.29 is 9.90 Å². The summed E-state index contributed by atoms with van der Waals surface area (Å²) < 4.78 is 0. The number of aliphatic hydroxyl groups is 1. The molecule has 0 heterocycles. The molecule has 0 aliphatic carbocycles. The predicted octanol–water partition coefficient (Wildman–Crippen LogP) is 2.54. The number of nitrogens with zero attached hydrogens (tertiary/aromatic N) is 1. The van der Waals surface area contributed by atoms with Gasteiger partial charge in [-0.05, 0) is 29.7 Å². The summed E-state index contributed by atoms with van der Waals surface area (Å²) >= 11 is 0. The molecule has 0 spiro atoms. The maximum Gasteiger partial charge on any atom is 0.222 e. The predicted molar refractivity (Wildman–Crippen MR) is 93.5 cm³/mol. The Morgan fingerprint density at radius 3 is 2.35 bits per heavy atom. The maximum atomic E-state index is 11.9. The number of anilines is 1. The van der Waals surface area contributed by atoms with Gasteiger partial charge in [-0.3, -0.25) is 4.79 Å². The van der Waals surface area contributed by atoms with Crippen LogP contribution in [0.1, 0.15) is 23.7 Å². The van der Waals surface area contributed by atoms with E-state index in [-0.39, 0.29) is 12.3 Å². The molecule has 0 saturated heterocycles. The number of carbonyl (C=O) groups is 1. The van der Waals surface area contributed by atoms with Crippen LogP contribution in [0.15, 0.2) is 54.6 Å². The second-order valence-electron chi connectivity index (χ2n) is 5.79. The van der Waals surface area contributed by atoms with E-state index >= 15 is 0 Å². The number of hydrogen-bond donors (Lipinski definition) is 2. The van der Waals surface area contributed by atoms with Gasteiger partial charge in [-0.1, -0.05) is 42.5 Å². The van der Waals surface area contributed by atoms with Crippen molar-refractivity contribution in [3.8, 4) is 0 Å². The highest BCUT2D eigenvalue weighted by Crippen LogP contribution is 2.15. The fourth-order valence-electron chi connectivity index (χ4n) is 2.35. The Kier molecular flexibility index (Phi) is 6.18. The van der Waals surface area contributed by atoms with Crippen LogP contribution in [0.3, 0.4) is 0 Å². The van der Waals surface area contributed by atoms with Gasteiger partial charge >= 0.3 is 0 Å². The number of carbonyl (C=O) groups excluding carboxylic acids is 1. The number of nitrogens with one attached hydrogen (secondary N) is 1. The first-order chi connectivity index (χ1) is 11.1. The second-order valence-corrected chi connectivity index (χ2v) is 5.79. The summed E-state index contributed by atoms with van der Waals surface area (Å²) in [5, 5.41) is 12.9. The van der Waals surface area contributed by atoms with Crippen LogP contribution in [0, 0.1) is 0 Å². The zero-order valence-corrected chi connectivity index (χ0v) is 13.7. The fourth-order valence-corrected chi connectivity index (χ4v) is 2.35. The molecule has 23 heavy (non-hydrogen) atoms. The molecule has 1 atom stereocenters. The minimum absolute atomic E-state index is 0.0869. The SMILES string of the molecule is CN(C)c1ccc(CCNC(=O)CC(O)c2ccccc2)cc1. The van der Waals surface area contributed by atoms with Crippen LogP contribution < -0.4 is 10.2 Å². The molecular weight excluding hydrogens is 288 g/mol. The zero-order chi connectivity index (χ0) is 16.7. The molecule has 2 rings (SSSR count). The third kappa shape index (κ3) is 5.42. The molecule has 0 aromatic heterocycles. The van der Waals surface area contributed by atoms with Crippen molar-refractivity contribution in [3.05, 3.63) is 65.7 Å². The van der Waals surface area contributed by atoms with Crippen molar-refractivity contribution in [2.45, 2.75) is 18.9 Å². The Morgan fingerprint density at radius 2 is 1.74 bits per heavy atom. The normalized spacial score (nSPS) is 11.8. The van der Waals surface area contributed by atoms with Gasteiger partial charge in [0, 0.05) is 26.3 Å². The molecule has 4 heteroatoms. The van der Waals surface area contributed by atoms with Crippen LogP contribution in [0.4, 0.5) is 5.69 Å². The first-order valence-electron chi connectivity index (χ1n) is 7.82. The van der Waals surface area contributed by atoms with E-state index in [0.717, 1.165) is 17.7 Å². The van der Waals surface area contributed by atoms with Crippen LogP contribution in [-0.4, -0.2) is 31.7 Å². The Morgan fingerprint density at radius 1 is 1.09 bits per heavy atom.